The van der Waals surface area contributed by atoms with E-state index in [-0.39, 0.29) is 12.5 Å². The number of hydrogen-bond donors (Lipinski definition) is 2. The van der Waals surface area contributed by atoms with Gasteiger partial charge in [-0.2, -0.15) is 5.10 Å². The summed E-state index contributed by atoms with van der Waals surface area (Å²) in [5.74, 6) is -0.335. The summed E-state index contributed by atoms with van der Waals surface area (Å²) in [6.07, 6.45) is -0.872. The number of carbonyl (C=O) groups is 1. The first-order chi connectivity index (χ1) is 11.1. The Kier molecular flexibility index (Phi) is 4.31. The van der Waals surface area contributed by atoms with Crippen molar-refractivity contribution in [1.82, 2.24) is 14.7 Å². The van der Waals surface area contributed by atoms with Crippen LogP contribution in [0.1, 0.15) is 18.8 Å². The molecule has 0 fully saturated rings. The molecule has 7 heteroatoms. The molecule has 2 aromatic rings. The molecule has 1 aliphatic heterocycles. The Bertz CT molecular complexity index is 696. The van der Waals surface area contributed by atoms with Gasteiger partial charge < -0.3 is 15.6 Å². The summed E-state index contributed by atoms with van der Waals surface area (Å²) < 4.78 is 6.72. The lowest BCUT2D eigenvalue weighted by Gasteiger charge is -2.31. The van der Waals surface area contributed by atoms with Crippen LogP contribution in [0.3, 0.4) is 0 Å². The molecule has 1 aliphatic rings. The quantitative estimate of drug-likeness (QED) is 0.646. The van der Waals surface area contributed by atoms with E-state index in [1.54, 1.807) is 16.5 Å². The highest BCUT2D eigenvalue weighted by atomic mass is 16.5. The van der Waals surface area contributed by atoms with Crippen molar-refractivity contribution in [2.75, 3.05) is 25.4 Å². The van der Waals surface area contributed by atoms with Gasteiger partial charge in [-0.3, -0.25) is 14.4 Å². The average Bonchev–Trinajstić information content (AvgIpc) is 2.96. The Hall–Kier alpha value is -2.38. The fraction of sp³-hybridized carbons (Fsp3) is 0.375. The van der Waals surface area contributed by atoms with Crippen LogP contribution in [0.5, 0.6) is 0 Å². The number of hydrogen-bond acceptors (Lipinski definition) is 6. The highest BCUT2D eigenvalue weighted by Gasteiger charge is 2.29. The first-order valence-corrected chi connectivity index (χ1v) is 7.60. The van der Waals surface area contributed by atoms with Crippen LogP contribution in [0.25, 0.3) is 11.3 Å². The molecule has 0 saturated heterocycles. The number of nitrogens with two attached hydrogens (primary N) is 1. The molecule has 0 radical (unpaired) electrons. The van der Waals surface area contributed by atoms with E-state index in [2.05, 4.69) is 5.10 Å². The van der Waals surface area contributed by atoms with Crippen LogP contribution >= 0.6 is 0 Å². The number of benzene rings is 1. The molecule has 1 unspecified atom stereocenters. The number of aromatic nitrogens is 2. The molecule has 7 nitrogen and oxygen atoms in total. The topological polar surface area (TPSA) is 93.6 Å². The maximum atomic E-state index is 11.6. The molecule has 3 rings (SSSR count). The van der Waals surface area contributed by atoms with Crippen molar-refractivity contribution in [3.8, 4) is 11.3 Å². The summed E-state index contributed by atoms with van der Waals surface area (Å²) in [4.78, 5) is 13.3. The van der Waals surface area contributed by atoms with Gasteiger partial charge in [-0.25, -0.2) is 0 Å². The number of nitrogens with zero attached hydrogens (tertiary/aromatic N) is 3. The van der Waals surface area contributed by atoms with Crippen molar-refractivity contribution in [3.63, 3.8) is 0 Å². The zero-order valence-corrected chi connectivity index (χ0v) is 13.0. The first kappa shape index (κ1) is 15.5. The lowest BCUT2D eigenvalue weighted by Crippen LogP contribution is -2.41. The maximum Gasteiger partial charge on any atom is 0.320 e. The molecule has 0 saturated carbocycles. The molecule has 0 spiro atoms. The zero-order valence-electron chi connectivity index (χ0n) is 13.0. The van der Waals surface area contributed by atoms with Gasteiger partial charge in [0.15, 0.2) is 6.23 Å². The monoisotopic (exact) mass is 316 g/mol. The van der Waals surface area contributed by atoms with E-state index in [0.29, 0.717) is 31.1 Å². The fourth-order valence-corrected chi connectivity index (χ4v) is 2.68. The highest BCUT2D eigenvalue weighted by molar-refractivity contribution is 5.71. The van der Waals surface area contributed by atoms with Crippen LogP contribution in [0.4, 0.5) is 5.69 Å². The van der Waals surface area contributed by atoms with E-state index < -0.39 is 6.23 Å². The standard InChI is InChI=1S/C16H20N4O3/c1-2-23-15(21)10-19-7-8-20-14(16(19)22)9-13(18-20)11-3-5-12(17)6-4-11/h3-6,9,16,22H,2,7-8,10,17H2,1H3. The molecule has 23 heavy (non-hydrogen) atoms. The van der Waals surface area contributed by atoms with Gasteiger partial charge in [0.05, 0.1) is 31.1 Å². The molecule has 3 N–H and O–H groups in total. The van der Waals surface area contributed by atoms with Gasteiger partial charge in [-0.1, -0.05) is 12.1 Å². The number of rotatable bonds is 4. The zero-order chi connectivity index (χ0) is 16.4. The number of fused-ring (bicyclic) bond motifs is 1. The summed E-state index contributed by atoms with van der Waals surface area (Å²) in [5.41, 5.74) is 8.77. The van der Waals surface area contributed by atoms with Crippen molar-refractivity contribution < 1.29 is 14.6 Å². The maximum absolute atomic E-state index is 11.6. The number of carbonyl (C=O) groups excluding carboxylic acids is 1. The minimum absolute atomic E-state index is 0.0669. The molecule has 122 valence electrons. The van der Waals surface area contributed by atoms with Crippen LogP contribution in [-0.4, -0.2) is 45.5 Å². The number of esters is 1. The Morgan fingerprint density at radius 2 is 2.13 bits per heavy atom. The third kappa shape index (κ3) is 3.20. The third-order valence-electron chi connectivity index (χ3n) is 3.86. The van der Waals surface area contributed by atoms with Crippen LogP contribution in [0.15, 0.2) is 30.3 Å². The molecular weight excluding hydrogens is 296 g/mol. The molecule has 0 amide bonds. The lowest BCUT2D eigenvalue weighted by atomic mass is 10.1. The van der Waals surface area contributed by atoms with Gasteiger partial charge in [-0.05, 0) is 25.1 Å². The summed E-state index contributed by atoms with van der Waals surface area (Å²) in [6.45, 7) is 3.31. The van der Waals surface area contributed by atoms with E-state index in [4.69, 9.17) is 10.5 Å². The molecule has 1 aromatic heterocycles. The van der Waals surface area contributed by atoms with Crippen molar-refractivity contribution in [3.05, 3.63) is 36.0 Å². The van der Waals surface area contributed by atoms with Crippen molar-refractivity contribution >= 4 is 11.7 Å². The van der Waals surface area contributed by atoms with Gasteiger partial charge in [0.25, 0.3) is 0 Å². The molecule has 0 aliphatic carbocycles. The van der Waals surface area contributed by atoms with E-state index in [1.807, 2.05) is 30.3 Å². The first-order valence-electron chi connectivity index (χ1n) is 7.60. The second kappa shape index (κ2) is 6.39. The summed E-state index contributed by atoms with van der Waals surface area (Å²) in [5, 5.41) is 15.0. The molecule has 0 bridgehead atoms. The minimum atomic E-state index is -0.872. The second-order valence-corrected chi connectivity index (χ2v) is 5.45. The van der Waals surface area contributed by atoms with Crippen LogP contribution in [0.2, 0.25) is 0 Å². The summed E-state index contributed by atoms with van der Waals surface area (Å²) >= 11 is 0. The minimum Gasteiger partial charge on any atom is -0.465 e. The number of aliphatic hydroxyl groups is 1. The summed E-state index contributed by atoms with van der Waals surface area (Å²) in [6, 6.07) is 9.26. The third-order valence-corrected chi connectivity index (χ3v) is 3.86. The van der Waals surface area contributed by atoms with Gasteiger partial charge in [0, 0.05) is 17.8 Å². The number of nitrogen functional groups attached to an aromatic ring is 1. The molecule has 1 atom stereocenters. The van der Waals surface area contributed by atoms with Crippen molar-refractivity contribution in [1.29, 1.82) is 0 Å². The average molecular weight is 316 g/mol. The van der Waals surface area contributed by atoms with E-state index in [1.165, 1.54) is 0 Å². The normalized spacial score (nSPS) is 17.7. The second-order valence-electron chi connectivity index (χ2n) is 5.45. The SMILES string of the molecule is CCOC(=O)CN1CCn2nc(-c3ccc(N)cc3)cc2C1O. The number of aliphatic hydroxyl groups excluding tert-OH is 1. The number of ether oxygens (including phenoxy) is 1. The number of anilines is 1. The van der Waals surface area contributed by atoms with E-state index >= 15 is 0 Å². The fourth-order valence-electron chi connectivity index (χ4n) is 2.68. The lowest BCUT2D eigenvalue weighted by molar-refractivity contribution is -0.148. The van der Waals surface area contributed by atoms with E-state index in [9.17, 15) is 9.90 Å². The van der Waals surface area contributed by atoms with Crippen LogP contribution in [0, 0.1) is 0 Å². The molecular formula is C16H20N4O3. The Morgan fingerprint density at radius 1 is 1.39 bits per heavy atom. The molecule has 1 aromatic carbocycles. The van der Waals surface area contributed by atoms with Gasteiger partial charge in [0.2, 0.25) is 0 Å². The van der Waals surface area contributed by atoms with Crippen LogP contribution < -0.4 is 5.73 Å². The van der Waals surface area contributed by atoms with Gasteiger partial charge >= 0.3 is 5.97 Å². The van der Waals surface area contributed by atoms with E-state index in [0.717, 1.165) is 11.3 Å². The predicted octanol–water partition coefficient (Wildman–Crippen LogP) is 1.00. The largest absolute Gasteiger partial charge is 0.465 e. The van der Waals surface area contributed by atoms with Crippen molar-refractivity contribution in [2.24, 2.45) is 0 Å². The van der Waals surface area contributed by atoms with Gasteiger partial charge in [0.1, 0.15) is 0 Å². The Labute approximate surface area is 134 Å². The summed E-state index contributed by atoms with van der Waals surface area (Å²) in [7, 11) is 0. The van der Waals surface area contributed by atoms with Gasteiger partial charge in [-0.15, -0.1) is 0 Å². The van der Waals surface area contributed by atoms with Crippen LogP contribution in [-0.2, 0) is 16.1 Å². The molecule has 2 heterocycles. The Balaban J connectivity index is 1.80. The predicted molar refractivity (Wildman–Crippen MR) is 85.2 cm³/mol. The van der Waals surface area contributed by atoms with Crippen molar-refractivity contribution in [2.45, 2.75) is 19.7 Å². The highest BCUT2D eigenvalue weighted by Crippen LogP contribution is 2.28. The smallest absolute Gasteiger partial charge is 0.320 e. The Morgan fingerprint density at radius 3 is 2.83 bits per heavy atom.